The normalized spacial score (nSPS) is 36.7. The Bertz CT molecular complexity index is 77.0. The van der Waals surface area contributed by atoms with Gasteiger partial charge in [0.25, 0.3) is 0 Å². The lowest BCUT2D eigenvalue weighted by molar-refractivity contribution is -0.00228. The summed E-state index contributed by atoms with van der Waals surface area (Å²) in [5.41, 5.74) is 5.47. The molecule has 2 heteroatoms. The molecule has 0 spiro atoms. The van der Waals surface area contributed by atoms with Crippen molar-refractivity contribution < 1.29 is 4.74 Å². The van der Waals surface area contributed by atoms with Crippen LogP contribution in [0.5, 0.6) is 0 Å². The summed E-state index contributed by atoms with van der Waals surface area (Å²) in [7, 11) is 0. The van der Waals surface area contributed by atoms with E-state index in [2.05, 4.69) is 6.92 Å². The highest BCUT2D eigenvalue weighted by Crippen LogP contribution is 2.16. The number of nitrogens with two attached hydrogens (primary N) is 1. The van der Waals surface area contributed by atoms with E-state index in [4.69, 9.17) is 10.5 Å². The van der Waals surface area contributed by atoms with Gasteiger partial charge in [-0.2, -0.15) is 0 Å². The summed E-state index contributed by atoms with van der Waals surface area (Å²) in [4.78, 5) is 0. The average Bonchev–Trinajstić information content (AvgIpc) is 1.90. The highest BCUT2D eigenvalue weighted by atomic mass is 16.5. The maximum Gasteiger partial charge on any atom is 0.0547 e. The minimum atomic E-state index is 0.466. The van der Waals surface area contributed by atoms with Gasteiger partial charge in [-0.05, 0) is 32.2 Å². The second-order valence-corrected chi connectivity index (χ2v) is 2.82. The van der Waals surface area contributed by atoms with Gasteiger partial charge < -0.3 is 10.5 Å². The molecule has 1 rings (SSSR count). The first-order valence-corrected chi connectivity index (χ1v) is 3.64. The van der Waals surface area contributed by atoms with Gasteiger partial charge in [-0.1, -0.05) is 0 Å². The Morgan fingerprint density at radius 3 is 2.78 bits per heavy atom. The molecule has 54 valence electrons. The molecule has 0 aliphatic carbocycles. The lowest BCUT2D eigenvalue weighted by atomic mass is 10.00. The van der Waals surface area contributed by atoms with Gasteiger partial charge in [0.2, 0.25) is 0 Å². The number of hydrogen-bond acceptors (Lipinski definition) is 2. The molecule has 0 aromatic carbocycles. The molecule has 0 radical (unpaired) electrons. The van der Waals surface area contributed by atoms with E-state index in [0.717, 1.165) is 13.2 Å². The average molecular weight is 129 g/mol. The van der Waals surface area contributed by atoms with Crippen LogP contribution in [0.25, 0.3) is 0 Å². The second kappa shape index (κ2) is 3.18. The summed E-state index contributed by atoms with van der Waals surface area (Å²) < 4.78 is 5.40. The van der Waals surface area contributed by atoms with Crippen LogP contribution in [-0.4, -0.2) is 19.3 Å². The number of ether oxygens (including phenoxy) is 1. The zero-order valence-corrected chi connectivity index (χ0v) is 5.97. The minimum Gasteiger partial charge on any atom is -0.378 e. The molecule has 2 nitrogen and oxygen atoms in total. The van der Waals surface area contributed by atoms with Gasteiger partial charge in [-0.25, -0.2) is 0 Å². The monoisotopic (exact) mass is 129 g/mol. The molecular weight excluding hydrogens is 114 g/mol. The Hall–Kier alpha value is -0.0800. The summed E-state index contributed by atoms with van der Waals surface area (Å²) in [6.45, 7) is 3.77. The van der Waals surface area contributed by atoms with Crippen molar-refractivity contribution in [1.82, 2.24) is 0 Å². The summed E-state index contributed by atoms with van der Waals surface area (Å²) in [5, 5.41) is 0. The first-order chi connectivity index (χ1) is 4.33. The summed E-state index contributed by atoms with van der Waals surface area (Å²) in [5.74, 6) is 0.626. The van der Waals surface area contributed by atoms with Gasteiger partial charge in [-0.15, -0.1) is 0 Å². The maximum atomic E-state index is 5.47. The quantitative estimate of drug-likeness (QED) is 0.567. The van der Waals surface area contributed by atoms with Crippen LogP contribution in [0.3, 0.4) is 0 Å². The topological polar surface area (TPSA) is 35.2 Å². The molecule has 2 atom stereocenters. The Morgan fingerprint density at radius 1 is 1.56 bits per heavy atom. The fourth-order valence-electron chi connectivity index (χ4n) is 1.12. The van der Waals surface area contributed by atoms with Gasteiger partial charge in [-0.3, -0.25) is 0 Å². The van der Waals surface area contributed by atoms with E-state index < -0.39 is 0 Å². The van der Waals surface area contributed by atoms with Crippen molar-refractivity contribution >= 4 is 0 Å². The Morgan fingerprint density at radius 2 is 2.33 bits per heavy atom. The zero-order chi connectivity index (χ0) is 6.69. The van der Waals surface area contributed by atoms with E-state index >= 15 is 0 Å². The van der Waals surface area contributed by atoms with E-state index in [1.54, 1.807) is 0 Å². The fraction of sp³-hybridized carbons (Fsp3) is 1.00. The van der Waals surface area contributed by atoms with E-state index in [0.29, 0.717) is 12.0 Å². The molecule has 1 aliphatic heterocycles. The smallest absolute Gasteiger partial charge is 0.0547 e. The van der Waals surface area contributed by atoms with Gasteiger partial charge in [0.1, 0.15) is 0 Å². The van der Waals surface area contributed by atoms with Crippen LogP contribution in [-0.2, 0) is 4.74 Å². The molecule has 0 saturated carbocycles. The standard InChI is InChI=1S/C7H15NO/c1-6-2-3-7(4-8)5-9-6/h6-7H,2-5,8H2,1H3/t6-,7-/m1/s1. The molecule has 9 heavy (non-hydrogen) atoms. The summed E-state index contributed by atoms with van der Waals surface area (Å²) in [6, 6.07) is 0. The summed E-state index contributed by atoms with van der Waals surface area (Å²) >= 11 is 0. The predicted molar refractivity (Wildman–Crippen MR) is 37.2 cm³/mol. The molecule has 0 aromatic heterocycles. The van der Waals surface area contributed by atoms with Crippen LogP contribution in [0.1, 0.15) is 19.8 Å². The largest absolute Gasteiger partial charge is 0.378 e. The predicted octanol–water partition coefficient (Wildman–Crippen LogP) is 0.760. The van der Waals surface area contributed by atoms with Crippen molar-refractivity contribution in [1.29, 1.82) is 0 Å². The van der Waals surface area contributed by atoms with Crippen molar-refractivity contribution in [3.63, 3.8) is 0 Å². The van der Waals surface area contributed by atoms with E-state index in [1.807, 2.05) is 0 Å². The molecule has 0 unspecified atom stereocenters. The third-order valence-corrected chi connectivity index (χ3v) is 1.93. The molecule has 2 N–H and O–H groups in total. The van der Waals surface area contributed by atoms with Gasteiger partial charge in [0.05, 0.1) is 12.7 Å². The van der Waals surface area contributed by atoms with Crippen LogP contribution in [0.2, 0.25) is 0 Å². The lowest BCUT2D eigenvalue weighted by Crippen LogP contribution is -2.28. The van der Waals surface area contributed by atoms with Crippen molar-refractivity contribution in [2.24, 2.45) is 11.7 Å². The lowest BCUT2D eigenvalue weighted by Gasteiger charge is -2.25. The molecule has 1 fully saturated rings. The Balaban J connectivity index is 2.18. The van der Waals surface area contributed by atoms with Crippen LogP contribution in [0.4, 0.5) is 0 Å². The van der Waals surface area contributed by atoms with Crippen LogP contribution in [0.15, 0.2) is 0 Å². The highest BCUT2D eigenvalue weighted by Gasteiger charge is 2.16. The van der Waals surface area contributed by atoms with E-state index in [1.165, 1.54) is 12.8 Å². The molecule has 1 saturated heterocycles. The minimum absolute atomic E-state index is 0.466. The molecular formula is C7H15NO. The maximum absolute atomic E-state index is 5.47. The van der Waals surface area contributed by atoms with Crippen LogP contribution < -0.4 is 5.73 Å². The molecule has 0 amide bonds. The first kappa shape index (κ1) is 7.03. The van der Waals surface area contributed by atoms with Crippen molar-refractivity contribution in [2.45, 2.75) is 25.9 Å². The molecule has 1 aliphatic rings. The summed E-state index contributed by atoms with van der Waals surface area (Å²) in [6.07, 6.45) is 2.90. The van der Waals surface area contributed by atoms with Crippen molar-refractivity contribution in [3.8, 4) is 0 Å². The second-order valence-electron chi connectivity index (χ2n) is 2.82. The number of rotatable bonds is 1. The Labute approximate surface area is 56.4 Å². The highest BCUT2D eigenvalue weighted by molar-refractivity contribution is 4.67. The fourth-order valence-corrected chi connectivity index (χ4v) is 1.12. The Kier molecular flexibility index (Phi) is 2.49. The van der Waals surface area contributed by atoms with E-state index in [9.17, 15) is 0 Å². The van der Waals surface area contributed by atoms with Crippen LogP contribution >= 0.6 is 0 Å². The zero-order valence-electron chi connectivity index (χ0n) is 5.97. The molecule has 0 bridgehead atoms. The number of hydrogen-bond donors (Lipinski definition) is 1. The molecule has 1 heterocycles. The third kappa shape index (κ3) is 1.95. The molecule has 0 aromatic rings. The van der Waals surface area contributed by atoms with E-state index in [-0.39, 0.29) is 0 Å². The SMILES string of the molecule is C[C@@H]1CC[C@H](CN)CO1. The van der Waals surface area contributed by atoms with Gasteiger partial charge in [0.15, 0.2) is 0 Å². The van der Waals surface area contributed by atoms with Crippen molar-refractivity contribution in [3.05, 3.63) is 0 Å². The third-order valence-electron chi connectivity index (χ3n) is 1.93. The first-order valence-electron chi connectivity index (χ1n) is 3.64. The van der Waals surface area contributed by atoms with Gasteiger partial charge >= 0.3 is 0 Å². The van der Waals surface area contributed by atoms with Gasteiger partial charge in [0, 0.05) is 0 Å². The van der Waals surface area contributed by atoms with Crippen LogP contribution in [0, 0.1) is 5.92 Å². The van der Waals surface area contributed by atoms with Crippen molar-refractivity contribution in [2.75, 3.05) is 13.2 Å².